The monoisotopic (exact) mass is 502 g/mol. The van der Waals surface area contributed by atoms with Crippen LogP contribution in [0.1, 0.15) is 26.7 Å². The zero-order chi connectivity index (χ0) is 24.6. The number of urea groups is 1. The largest absolute Gasteiger partial charge is 0.337 e. The van der Waals surface area contributed by atoms with Gasteiger partial charge in [0.25, 0.3) is 0 Å². The summed E-state index contributed by atoms with van der Waals surface area (Å²) in [6, 6.07) is 5.23. The normalized spacial score (nSPS) is 17.5. The Morgan fingerprint density at radius 3 is 2.21 bits per heavy atom. The average Bonchev–Trinajstić information content (AvgIpc) is 2.79. The van der Waals surface area contributed by atoms with E-state index in [2.05, 4.69) is 5.32 Å². The van der Waals surface area contributed by atoms with Crippen LogP contribution in [0.15, 0.2) is 34.1 Å². The summed E-state index contributed by atoms with van der Waals surface area (Å²) in [5, 5.41) is 2.12. The lowest BCUT2D eigenvalue weighted by Gasteiger charge is -2.32. The van der Waals surface area contributed by atoms with Gasteiger partial charge >= 0.3 is 6.03 Å². The SMILES string of the molecule is CCN(CC)CCS(=O)(=O)c1ccc(S(=O)(=O)C2CCCN(C(=O)NCCN(C)C)C2)cc1. The number of carbonyl (C=O) groups is 1. The molecule has 1 atom stereocenters. The predicted octanol–water partition coefficient (Wildman–Crippen LogP) is 1.31. The van der Waals surface area contributed by atoms with Gasteiger partial charge in [0, 0.05) is 32.7 Å². The van der Waals surface area contributed by atoms with Crippen LogP contribution in [0.5, 0.6) is 0 Å². The highest BCUT2D eigenvalue weighted by Gasteiger charge is 2.34. The second-order valence-electron chi connectivity index (χ2n) is 8.61. The average molecular weight is 503 g/mol. The number of sulfone groups is 2. The van der Waals surface area contributed by atoms with Gasteiger partial charge in [-0.2, -0.15) is 0 Å². The maximum absolute atomic E-state index is 13.2. The summed E-state index contributed by atoms with van der Waals surface area (Å²) in [7, 11) is -3.36. The van der Waals surface area contributed by atoms with E-state index in [1.54, 1.807) is 4.90 Å². The molecular formula is C22H38N4O5S2. The van der Waals surface area contributed by atoms with Crippen LogP contribution in [0.25, 0.3) is 0 Å². The van der Waals surface area contributed by atoms with E-state index in [0.717, 1.165) is 13.1 Å². The van der Waals surface area contributed by atoms with Gasteiger partial charge in [-0.25, -0.2) is 21.6 Å². The first kappa shape index (κ1) is 27.6. The molecule has 0 saturated carbocycles. The highest BCUT2D eigenvalue weighted by molar-refractivity contribution is 7.92. The van der Waals surface area contributed by atoms with Gasteiger partial charge in [0.05, 0.1) is 20.8 Å². The topological polar surface area (TPSA) is 107 Å². The van der Waals surface area contributed by atoms with E-state index in [1.807, 2.05) is 37.7 Å². The second kappa shape index (κ2) is 12.1. The smallest absolute Gasteiger partial charge is 0.317 e. The third kappa shape index (κ3) is 7.66. The highest BCUT2D eigenvalue weighted by Crippen LogP contribution is 2.25. The first-order chi connectivity index (χ1) is 15.5. The number of hydrogen-bond donors (Lipinski definition) is 1. The molecule has 188 valence electrons. The summed E-state index contributed by atoms with van der Waals surface area (Å²) in [6.07, 6.45) is 1.07. The van der Waals surface area contributed by atoms with Crippen molar-refractivity contribution in [3.8, 4) is 0 Å². The number of nitrogens with zero attached hydrogens (tertiary/aromatic N) is 3. The fraction of sp³-hybridized carbons (Fsp3) is 0.682. The number of piperidine rings is 1. The number of hydrogen-bond acceptors (Lipinski definition) is 7. The van der Waals surface area contributed by atoms with Crippen molar-refractivity contribution >= 4 is 25.7 Å². The first-order valence-corrected chi connectivity index (χ1v) is 14.7. The molecule has 11 heteroatoms. The van der Waals surface area contributed by atoms with Crippen LogP contribution >= 0.6 is 0 Å². The zero-order valence-electron chi connectivity index (χ0n) is 20.2. The van der Waals surface area contributed by atoms with Crippen LogP contribution < -0.4 is 5.32 Å². The van der Waals surface area contributed by atoms with Gasteiger partial charge in [0.2, 0.25) is 0 Å². The summed E-state index contributed by atoms with van der Waals surface area (Å²) >= 11 is 0. The number of likely N-dealkylation sites (N-methyl/N-ethyl adjacent to an activating group) is 1. The van der Waals surface area contributed by atoms with Crippen LogP contribution in [0.4, 0.5) is 4.79 Å². The molecule has 1 N–H and O–H groups in total. The Labute approximate surface area is 199 Å². The zero-order valence-corrected chi connectivity index (χ0v) is 21.8. The first-order valence-electron chi connectivity index (χ1n) is 11.5. The Bertz CT molecular complexity index is 975. The minimum absolute atomic E-state index is 0.0126. The standard InChI is InChI=1S/C22H38N4O5S2/c1-5-25(6-2)16-17-32(28,29)19-9-11-20(12-10-19)33(30,31)21-8-7-14-26(18-21)22(27)23-13-15-24(3)4/h9-12,21H,5-8,13-18H2,1-4H3,(H,23,27). The van der Waals surface area contributed by atoms with Gasteiger partial charge in [0.15, 0.2) is 19.7 Å². The van der Waals surface area contributed by atoms with Crippen molar-refractivity contribution in [2.75, 3.05) is 65.7 Å². The molecule has 0 aromatic heterocycles. The lowest BCUT2D eigenvalue weighted by molar-refractivity contribution is 0.186. The number of carbonyl (C=O) groups excluding carboxylic acids is 1. The Balaban J connectivity index is 2.06. The molecule has 0 spiro atoms. The van der Waals surface area contributed by atoms with E-state index in [0.29, 0.717) is 39.0 Å². The third-order valence-corrected chi connectivity index (χ3v) is 9.92. The highest BCUT2D eigenvalue weighted by atomic mass is 32.2. The number of benzene rings is 1. The number of rotatable bonds is 11. The minimum atomic E-state index is -3.69. The van der Waals surface area contributed by atoms with Gasteiger partial charge in [-0.15, -0.1) is 0 Å². The molecule has 0 bridgehead atoms. The molecule has 0 radical (unpaired) electrons. The van der Waals surface area contributed by atoms with Gasteiger partial charge < -0.3 is 20.0 Å². The second-order valence-corrected chi connectivity index (χ2v) is 12.9. The quantitative estimate of drug-likeness (QED) is 0.486. The van der Waals surface area contributed by atoms with Crippen molar-refractivity contribution in [2.24, 2.45) is 0 Å². The molecule has 1 fully saturated rings. The van der Waals surface area contributed by atoms with Crippen LogP contribution in [0.2, 0.25) is 0 Å². The Morgan fingerprint density at radius 2 is 1.64 bits per heavy atom. The van der Waals surface area contributed by atoms with E-state index in [9.17, 15) is 21.6 Å². The minimum Gasteiger partial charge on any atom is -0.337 e. The molecule has 2 rings (SSSR count). The van der Waals surface area contributed by atoms with E-state index < -0.39 is 24.9 Å². The third-order valence-electron chi connectivity index (χ3n) is 6.02. The molecule has 1 aromatic carbocycles. The Kier molecular flexibility index (Phi) is 10.1. The van der Waals surface area contributed by atoms with Crippen molar-refractivity contribution in [1.82, 2.24) is 20.0 Å². The summed E-state index contributed by atoms with van der Waals surface area (Å²) < 4.78 is 51.7. The molecule has 9 nitrogen and oxygen atoms in total. The molecule has 1 unspecified atom stereocenters. The Morgan fingerprint density at radius 1 is 1.03 bits per heavy atom. The fourth-order valence-corrected chi connectivity index (χ4v) is 6.85. The molecule has 33 heavy (non-hydrogen) atoms. The molecular weight excluding hydrogens is 464 g/mol. The summed E-state index contributed by atoms with van der Waals surface area (Å²) in [6.45, 7) is 7.78. The summed E-state index contributed by atoms with van der Waals surface area (Å²) in [5.41, 5.74) is 0. The lowest BCUT2D eigenvalue weighted by atomic mass is 10.1. The van der Waals surface area contributed by atoms with E-state index in [1.165, 1.54) is 24.3 Å². The van der Waals surface area contributed by atoms with Crippen molar-refractivity contribution in [3.05, 3.63) is 24.3 Å². The molecule has 2 amide bonds. The van der Waals surface area contributed by atoms with Crippen LogP contribution in [0.3, 0.4) is 0 Å². The van der Waals surface area contributed by atoms with Crippen molar-refractivity contribution in [2.45, 2.75) is 41.7 Å². The molecule has 1 aromatic rings. The molecule has 1 aliphatic heterocycles. The van der Waals surface area contributed by atoms with E-state index in [-0.39, 0.29) is 28.1 Å². The van der Waals surface area contributed by atoms with Gasteiger partial charge in [-0.05, 0) is 64.3 Å². The van der Waals surface area contributed by atoms with E-state index in [4.69, 9.17) is 0 Å². The molecule has 1 saturated heterocycles. The molecule has 1 aliphatic rings. The summed E-state index contributed by atoms with van der Waals surface area (Å²) in [4.78, 5) is 18.2. The maximum Gasteiger partial charge on any atom is 0.317 e. The maximum atomic E-state index is 13.2. The van der Waals surface area contributed by atoms with Crippen molar-refractivity contribution in [1.29, 1.82) is 0 Å². The predicted molar refractivity (Wildman–Crippen MR) is 130 cm³/mol. The Hall–Kier alpha value is -1.69. The number of amides is 2. The van der Waals surface area contributed by atoms with Crippen LogP contribution in [0, 0.1) is 0 Å². The van der Waals surface area contributed by atoms with E-state index >= 15 is 0 Å². The van der Waals surface area contributed by atoms with Crippen LogP contribution in [-0.4, -0.2) is 108 Å². The van der Waals surface area contributed by atoms with Crippen LogP contribution in [-0.2, 0) is 19.7 Å². The van der Waals surface area contributed by atoms with Gasteiger partial charge in [-0.3, -0.25) is 0 Å². The fourth-order valence-electron chi connectivity index (χ4n) is 3.81. The number of likely N-dealkylation sites (tertiary alicyclic amines) is 1. The number of nitrogens with one attached hydrogen (secondary N) is 1. The van der Waals surface area contributed by atoms with Crippen molar-refractivity contribution < 1.29 is 21.6 Å². The summed E-state index contributed by atoms with van der Waals surface area (Å²) in [5.74, 6) is -0.0126. The lowest BCUT2D eigenvalue weighted by Crippen LogP contribution is -2.49. The van der Waals surface area contributed by atoms with Crippen molar-refractivity contribution in [3.63, 3.8) is 0 Å². The molecule has 0 aliphatic carbocycles. The van der Waals surface area contributed by atoms with Gasteiger partial charge in [-0.1, -0.05) is 13.8 Å². The van der Waals surface area contributed by atoms with Gasteiger partial charge in [0.1, 0.15) is 0 Å². The molecule has 1 heterocycles.